The molecule has 1 aliphatic heterocycles. The summed E-state index contributed by atoms with van der Waals surface area (Å²) in [5, 5.41) is 54.6. The number of hydrogen-bond donors (Lipinski definition) is 6. The fourth-order valence-electron chi connectivity index (χ4n) is 1.83. The molecule has 1 saturated heterocycles. The van der Waals surface area contributed by atoms with Crippen LogP contribution in [0.5, 0.6) is 0 Å². The third kappa shape index (κ3) is 3.69. The third-order valence-electron chi connectivity index (χ3n) is 3.26. The van der Waals surface area contributed by atoms with Crippen LogP contribution >= 0.6 is 0 Å². The van der Waals surface area contributed by atoms with E-state index in [2.05, 4.69) is 0 Å². The molecular formula is C11H17FO10. The largest absolute Gasteiger partial charge is 0.478 e. The van der Waals surface area contributed by atoms with E-state index in [1.54, 1.807) is 0 Å². The molecule has 0 aromatic heterocycles. The molecule has 0 aromatic carbocycles. The minimum absolute atomic E-state index is 0.706. The Bertz CT molecular complexity index is 400. The van der Waals surface area contributed by atoms with Crippen molar-refractivity contribution in [3.8, 4) is 0 Å². The van der Waals surface area contributed by atoms with E-state index in [0.29, 0.717) is 0 Å². The maximum Gasteiger partial charge on any atom is 0.353 e. The monoisotopic (exact) mass is 328 g/mol. The number of aliphatic carboxylic acids is 2. The lowest BCUT2D eigenvalue weighted by Gasteiger charge is -2.39. The van der Waals surface area contributed by atoms with Crippen molar-refractivity contribution in [2.75, 3.05) is 13.2 Å². The molecule has 0 spiro atoms. The van der Waals surface area contributed by atoms with Crippen LogP contribution in [0.2, 0.25) is 0 Å². The van der Waals surface area contributed by atoms with Crippen molar-refractivity contribution in [3.63, 3.8) is 0 Å². The fraction of sp³-hybridized carbons (Fsp3) is 0.818. The van der Waals surface area contributed by atoms with Crippen molar-refractivity contribution in [1.29, 1.82) is 0 Å². The van der Waals surface area contributed by atoms with Gasteiger partial charge >= 0.3 is 17.6 Å². The fourth-order valence-corrected chi connectivity index (χ4v) is 1.83. The highest BCUT2D eigenvalue weighted by Crippen LogP contribution is 2.23. The Morgan fingerprint density at radius 3 is 2.09 bits per heavy atom. The summed E-state index contributed by atoms with van der Waals surface area (Å²) in [5.41, 5.74) is -3.58. The first-order chi connectivity index (χ1) is 10.1. The molecule has 0 amide bonds. The Morgan fingerprint density at radius 2 is 1.64 bits per heavy atom. The number of carboxylic acid groups (broad SMARTS) is 2. The van der Waals surface area contributed by atoms with Gasteiger partial charge in [-0.15, -0.1) is 0 Å². The SMILES string of the molecule is O=C(O)C(F)(CCOC1OC(CO)C(O)C(O)C1O)C(=O)O. The molecule has 1 fully saturated rings. The minimum atomic E-state index is -3.58. The smallest absolute Gasteiger partial charge is 0.353 e. The van der Waals surface area contributed by atoms with Gasteiger partial charge in [-0.1, -0.05) is 0 Å². The topological polar surface area (TPSA) is 174 Å². The van der Waals surface area contributed by atoms with Gasteiger partial charge in [-0.2, -0.15) is 0 Å². The van der Waals surface area contributed by atoms with Crippen LogP contribution in [0.4, 0.5) is 4.39 Å². The standard InChI is InChI=1S/C11H17FO10/c12-11(9(17)18,10(19)20)1-2-21-8-7(16)6(15)5(14)4(3-13)22-8/h4-8,13-16H,1-3H2,(H,17,18)(H,19,20). The second kappa shape index (κ2) is 7.26. The molecule has 1 heterocycles. The van der Waals surface area contributed by atoms with Crippen LogP contribution in [0, 0.1) is 0 Å². The highest BCUT2D eigenvalue weighted by Gasteiger charge is 2.48. The van der Waals surface area contributed by atoms with Crippen LogP contribution in [-0.2, 0) is 19.1 Å². The highest BCUT2D eigenvalue weighted by atomic mass is 19.1. The van der Waals surface area contributed by atoms with Crippen molar-refractivity contribution in [2.45, 2.75) is 42.8 Å². The molecule has 6 N–H and O–H groups in total. The van der Waals surface area contributed by atoms with Crippen molar-refractivity contribution in [1.82, 2.24) is 0 Å². The van der Waals surface area contributed by atoms with Gasteiger partial charge in [-0.25, -0.2) is 14.0 Å². The van der Waals surface area contributed by atoms with E-state index in [1.165, 1.54) is 0 Å². The second-order valence-corrected chi connectivity index (χ2v) is 4.73. The lowest BCUT2D eigenvalue weighted by Crippen LogP contribution is -2.59. The van der Waals surface area contributed by atoms with Crippen LogP contribution in [0.3, 0.4) is 0 Å². The normalized spacial score (nSPS) is 32.7. The van der Waals surface area contributed by atoms with Gasteiger partial charge in [0.15, 0.2) is 6.29 Å². The first kappa shape index (κ1) is 18.7. The number of rotatable bonds is 7. The molecule has 0 aliphatic carbocycles. The molecule has 1 aliphatic rings. The number of aliphatic hydroxyl groups is 4. The van der Waals surface area contributed by atoms with Gasteiger partial charge in [-0.05, 0) is 0 Å². The average Bonchev–Trinajstić information content (AvgIpc) is 2.46. The Balaban J connectivity index is 2.63. The zero-order valence-corrected chi connectivity index (χ0v) is 11.2. The summed E-state index contributed by atoms with van der Waals surface area (Å²) < 4.78 is 23.4. The number of hydrogen-bond acceptors (Lipinski definition) is 8. The molecule has 1 rings (SSSR count). The number of halogens is 1. The number of carboxylic acids is 2. The van der Waals surface area contributed by atoms with E-state index in [1.807, 2.05) is 0 Å². The summed E-state index contributed by atoms with van der Waals surface area (Å²) in [4.78, 5) is 21.2. The molecule has 0 aromatic rings. The molecule has 0 radical (unpaired) electrons. The van der Waals surface area contributed by atoms with Crippen molar-refractivity contribution >= 4 is 11.9 Å². The Hall–Kier alpha value is -1.37. The molecule has 5 unspecified atom stereocenters. The van der Waals surface area contributed by atoms with E-state index in [-0.39, 0.29) is 0 Å². The van der Waals surface area contributed by atoms with E-state index in [4.69, 9.17) is 24.8 Å². The number of aliphatic hydroxyl groups excluding tert-OH is 4. The maximum absolute atomic E-state index is 13.7. The zero-order chi connectivity index (χ0) is 17.1. The number of carbonyl (C=O) groups is 2. The Kier molecular flexibility index (Phi) is 6.17. The van der Waals surface area contributed by atoms with E-state index in [9.17, 15) is 29.3 Å². The second-order valence-electron chi connectivity index (χ2n) is 4.73. The maximum atomic E-state index is 13.7. The van der Waals surface area contributed by atoms with Crippen molar-refractivity contribution in [3.05, 3.63) is 0 Å². The molecule has 0 saturated carbocycles. The first-order valence-corrected chi connectivity index (χ1v) is 6.23. The lowest BCUT2D eigenvalue weighted by atomic mass is 9.99. The molecule has 10 nitrogen and oxygen atoms in total. The van der Waals surface area contributed by atoms with Crippen LogP contribution < -0.4 is 0 Å². The quantitative estimate of drug-likeness (QED) is 0.265. The van der Waals surface area contributed by atoms with E-state index in [0.717, 1.165) is 0 Å². The van der Waals surface area contributed by atoms with Crippen LogP contribution in [0.15, 0.2) is 0 Å². The van der Waals surface area contributed by atoms with Gasteiger partial charge in [0.2, 0.25) is 0 Å². The summed E-state index contributed by atoms with van der Waals surface area (Å²) in [6, 6.07) is 0. The van der Waals surface area contributed by atoms with Crippen molar-refractivity contribution < 1.29 is 54.1 Å². The van der Waals surface area contributed by atoms with Crippen LogP contribution in [-0.4, -0.2) is 92.2 Å². The first-order valence-electron chi connectivity index (χ1n) is 6.23. The Labute approximate surface area is 123 Å². The molecule has 11 heteroatoms. The average molecular weight is 328 g/mol. The molecule has 5 atom stereocenters. The van der Waals surface area contributed by atoms with Gasteiger partial charge < -0.3 is 40.1 Å². The van der Waals surface area contributed by atoms with Gasteiger partial charge in [-0.3, -0.25) is 0 Å². The predicted molar refractivity (Wildman–Crippen MR) is 63.4 cm³/mol. The summed E-state index contributed by atoms with van der Waals surface area (Å²) in [7, 11) is 0. The number of ether oxygens (including phenoxy) is 2. The summed E-state index contributed by atoms with van der Waals surface area (Å²) in [5.74, 6) is -4.42. The van der Waals surface area contributed by atoms with E-state index < -0.39 is 67.9 Å². The predicted octanol–water partition coefficient (Wildman–Crippen LogP) is -2.93. The Morgan fingerprint density at radius 1 is 1.09 bits per heavy atom. The van der Waals surface area contributed by atoms with Crippen LogP contribution in [0.25, 0.3) is 0 Å². The van der Waals surface area contributed by atoms with Gasteiger partial charge in [0, 0.05) is 6.42 Å². The van der Waals surface area contributed by atoms with Crippen LogP contribution in [0.1, 0.15) is 6.42 Å². The molecule has 22 heavy (non-hydrogen) atoms. The molecule has 0 bridgehead atoms. The van der Waals surface area contributed by atoms with E-state index >= 15 is 0 Å². The van der Waals surface area contributed by atoms with Gasteiger partial charge in [0.05, 0.1) is 13.2 Å². The van der Waals surface area contributed by atoms with Gasteiger partial charge in [0.1, 0.15) is 24.4 Å². The molecule has 128 valence electrons. The molecular weight excluding hydrogens is 311 g/mol. The summed E-state index contributed by atoms with van der Waals surface area (Å²) in [6.45, 7) is -1.47. The summed E-state index contributed by atoms with van der Waals surface area (Å²) in [6.07, 6.45) is -9.00. The zero-order valence-electron chi connectivity index (χ0n) is 11.2. The minimum Gasteiger partial charge on any atom is -0.478 e. The number of alkyl halides is 1. The van der Waals surface area contributed by atoms with Crippen molar-refractivity contribution in [2.24, 2.45) is 0 Å². The lowest BCUT2D eigenvalue weighted by molar-refractivity contribution is -0.302. The highest BCUT2D eigenvalue weighted by molar-refractivity contribution is 6.01. The van der Waals surface area contributed by atoms with Gasteiger partial charge in [0.25, 0.3) is 0 Å². The third-order valence-corrected chi connectivity index (χ3v) is 3.26. The summed E-state index contributed by atoms with van der Waals surface area (Å²) >= 11 is 0.